The molecule has 0 N–H and O–H groups in total. The molecule has 0 aliphatic rings. The van der Waals surface area contributed by atoms with Gasteiger partial charge in [-0.1, -0.05) is 90.4 Å². The molecule has 0 fully saturated rings. The van der Waals surface area contributed by atoms with Crippen molar-refractivity contribution in [1.82, 2.24) is 4.90 Å². The van der Waals surface area contributed by atoms with Gasteiger partial charge in [-0.05, 0) is 27.3 Å². The summed E-state index contributed by atoms with van der Waals surface area (Å²) in [5.41, 5.74) is 0.215. The second-order valence-corrected chi connectivity index (χ2v) is 7.73. The monoisotopic (exact) mass is 331 g/mol. The molecule has 1 unspecified atom stereocenters. The molecule has 0 aromatic carbocycles. The van der Waals surface area contributed by atoms with Crippen LogP contribution in [0.1, 0.15) is 111 Å². The van der Waals surface area contributed by atoms with E-state index in [0.29, 0.717) is 6.04 Å². The first-order valence-corrected chi connectivity index (χ1v) is 10.4. The van der Waals surface area contributed by atoms with Gasteiger partial charge in [0.05, 0.1) is 5.50 Å². The zero-order valence-corrected chi connectivity index (χ0v) is 16.6. The molecule has 0 rings (SSSR count). The molecule has 0 heterocycles. The van der Waals surface area contributed by atoms with Crippen molar-refractivity contribution in [3.05, 3.63) is 0 Å². The van der Waals surface area contributed by atoms with Gasteiger partial charge in [0.25, 0.3) is 0 Å². The van der Waals surface area contributed by atoms with Crippen molar-refractivity contribution < 1.29 is 0 Å². The molecule has 0 saturated heterocycles. The minimum absolute atomic E-state index is 0.215. The Kier molecular flexibility index (Phi) is 16.3. The second-order valence-electron chi connectivity index (χ2n) is 7.23. The van der Waals surface area contributed by atoms with Gasteiger partial charge in [0.1, 0.15) is 0 Å². The maximum Gasteiger partial charge on any atom is 0.0850 e. The van der Waals surface area contributed by atoms with Crippen molar-refractivity contribution in [2.24, 2.45) is 0 Å². The fourth-order valence-electron chi connectivity index (χ4n) is 2.86. The summed E-state index contributed by atoms with van der Waals surface area (Å²) in [6.07, 6.45) is 19.5. The smallest absolute Gasteiger partial charge is 0.0850 e. The van der Waals surface area contributed by atoms with E-state index in [-0.39, 0.29) is 5.50 Å². The Morgan fingerprint density at radius 3 is 1.41 bits per heavy atom. The first kappa shape index (κ1) is 22.2. The van der Waals surface area contributed by atoms with E-state index in [9.17, 15) is 0 Å². The third kappa shape index (κ3) is 13.9. The largest absolute Gasteiger partial charge is 0.288 e. The molecule has 0 aromatic heterocycles. The van der Waals surface area contributed by atoms with Gasteiger partial charge in [0.2, 0.25) is 0 Å². The Labute approximate surface area is 146 Å². The van der Waals surface area contributed by atoms with Crippen LogP contribution in [0.4, 0.5) is 0 Å². The summed E-state index contributed by atoms with van der Waals surface area (Å²) in [5.74, 6) is 0. The van der Waals surface area contributed by atoms with Gasteiger partial charge in [0, 0.05) is 6.04 Å². The third-order valence-corrected chi connectivity index (χ3v) is 5.33. The summed E-state index contributed by atoms with van der Waals surface area (Å²) in [5, 5.41) is 0. The molecule has 1 atom stereocenters. The predicted molar refractivity (Wildman–Crippen MR) is 103 cm³/mol. The van der Waals surface area contributed by atoms with Crippen molar-refractivity contribution in [2.75, 3.05) is 7.05 Å². The summed E-state index contributed by atoms with van der Waals surface area (Å²) < 4.78 is 0. The average Bonchev–Trinajstić information content (AvgIpc) is 2.50. The Balaban J connectivity index is 3.17. The minimum Gasteiger partial charge on any atom is -0.288 e. The Bertz CT molecular complexity index is 218. The van der Waals surface area contributed by atoms with Gasteiger partial charge in [-0.25, -0.2) is 0 Å². The minimum atomic E-state index is 0.215. The standard InChI is InChI=1S/C20H42ClN/c1-5-6-7-8-9-10-11-12-13-14-15-16-17-18-20(21)22(4)19(2)3/h19-20H,5-18H2,1-4H3. The molecule has 0 amide bonds. The first-order chi connectivity index (χ1) is 10.6. The summed E-state index contributed by atoms with van der Waals surface area (Å²) in [6, 6.07) is 0.546. The summed E-state index contributed by atoms with van der Waals surface area (Å²) in [7, 11) is 2.13. The number of nitrogens with zero attached hydrogens (tertiary/aromatic N) is 1. The third-order valence-electron chi connectivity index (χ3n) is 4.80. The van der Waals surface area contributed by atoms with Gasteiger partial charge in [-0.3, -0.25) is 4.90 Å². The number of rotatable bonds is 16. The lowest BCUT2D eigenvalue weighted by atomic mass is 10.0. The lowest BCUT2D eigenvalue weighted by molar-refractivity contribution is 0.239. The van der Waals surface area contributed by atoms with Crippen molar-refractivity contribution in [3.63, 3.8) is 0 Å². The molecule has 1 nitrogen and oxygen atoms in total. The van der Waals surface area contributed by atoms with E-state index in [1.807, 2.05) is 0 Å². The van der Waals surface area contributed by atoms with E-state index >= 15 is 0 Å². The molecular weight excluding hydrogens is 290 g/mol. The van der Waals surface area contributed by atoms with E-state index in [1.165, 1.54) is 83.5 Å². The highest BCUT2D eigenvalue weighted by Crippen LogP contribution is 2.17. The van der Waals surface area contributed by atoms with E-state index < -0.39 is 0 Å². The van der Waals surface area contributed by atoms with E-state index in [0.717, 1.165) is 6.42 Å². The van der Waals surface area contributed by atoms with Crippen LogP contribution in [-0.4, -0.2) is 23.5 Å². The van der Waals surface area contributed by atoms with Gasteiger partial charge >= 0.3 is 0 Å². The molecule has 134 valence electrons. The summed E-state index contributed by atoms with van der Waals surface area (Å²) >= 11 is 6.39. The number of hydrogen-bond donors (Lipinski definition) is 0. The molecular formula is C20H42ClN. The molecule has 2 heteroatoms. The number of halogens is 1. The summed E-state index contributed by atoms with van der Waals surface area (Å²) in [4.78, 5) is 2.27. The lowest BCUT2D eigenvalue weighted by Crippen LogP contribution is -2.33. The van der Waals surface area contributed by atoms with Crippen molar-refractivity contribution in [2.45, 2.75) is 122 Å². The van der Waals surface area contributed by atoms with Crippen LogP contribution in [0.2, 0.25) is 0 Å². The highest BCUT2D eigenvalue weighted by Gasteiger charge is 2.13. The number of hydrogen-bond acceptors (Lipinski definition) is 1. The van der Waals surface area contributed by atoms with Crippen LogP contribution >= 0.6 is 11.6 Å². The van der Waals surface area contributed by atoms with Gasteiger partial charge < -0.3 is 0 Å². The molecule has 0 saturated carbocycles. The molecule has 0 aromatic rings. The Morgan fingerprint density at radius 2 is 1.05 bits per heavy atom. The quantitative estimate of drug-likeness (QED) is 0.162. The SMILES string of the molecule is CCCCCCCCCCCCCCCC(Cl)N(C)C(C)C. The van der Waals surface area contributed by atoms with E-state index in [1.54, 1.807) is 0 Å². The van der Waals surface area contributed by atoms with Gasteiger partial charge in [0.15, 0.2) is 0 Å². The van der Waals surface area contributed by atoms with Crippen LogP contribution in [0.15, 0.2) is 0 Å². The molecule has 0 bridgehead atoms. The molecule has 0 radical (unpaired) electrons. The second kappa shape index (κ2) is 16.1. The van der Waals surface area contributed by atoms with Gasteiger partial charge in [-0.2, -0.15) is 0 Å². The van der Waals surface area contributed by atoms with E-state index in [2.05, 4.69) is 32.7 Å². The fourth-order valence-corrected chi connectivity index (χ4v) is 3.24. The normalized spacial score (nSPS) is 13.2. The first-order valence-electron chi connectivity index (χ1n) is 9.95. The molecule has 0 aliphatic heterocycles. The lowest BCUT2D eigenvalue weighted by Gasteiger charge is -2.26. The highest BCUT2D eigenvalue weighted by molar-refractivity contribution is 6.20. The maximum atomic E-state index is 6.39. The van der Waals surface area contributed by atoms with Crippen molar-refractivity contribution in [1.29, 1.82) is 0 Å². The predicted octanol–water partition coefficient (Wildman–Crippen LogP) is 7.37. The Morgan fingerprint density at radius 1 is 0.682 bits per heavy atom. The van der Waals surface area contributed by atoms with Crippen molar-refractivity contribution in [3.8, 4) is 0 Å². The Hall–Kier alpha value is 0.250. The molecule has 0 aliphatic carbocycles. The van der Waals surface area contributed by atoms with Crippen LogP contribution in [0.25, 0.3) is 0 Å². The van der Waals surface area contributed by atoms with Crippen molar-refractivity contribution >= 4 is 11.6 Å². The van der Waals surface area contributed by atoms with Crippen LogP contribution < -0.4 is 0 Å². The van der Waals surface area contributed by atoms with Crippen LogP contribution in [0.3, 0.4) is 0 Å². The van der Waals surface area contributed by atoms with E-state index in [4.69, 9.17) is 11.6 Å². The highest BCUT2D eigenvalue weighted by atomic mass is 35.5. The molecule has 22 heavy (non-hydrogen) atoms. The van der Waals surface area contributed by atoms with Crippen LogP contribution in [0, 0.1) is 0 Å². The zero-order chi connectivity index (χ0) is 16.6. The average molecular weight is 332 g/mol. The van der Waals surface area contributed by atoms with Crippen LogP contribution in [0.5, 0.6) is 0 Å². The fraction of sp³-hybridized carbons (Fsp3) is 1.00. The topological polar surface area (TPSA) is 3.24 Å². The maximum absolute atomic E-state index is 6.39. The summed E-state index contributed by atoms with van der Waals surface area (Å²) in [6.45, 7) is 6.70. The number of unbranched alkanes of at least 4 members (excludes halogenated alkanes) is 12. The zero-order valence-electron chi connectivity index (χ0n) is 15.9. The molecule has 0 spiro atoms. The van der Waals surface area contributed by atoms with Crippen LogP contribution in [-0.2, 0) is 0 Å². The number of alkyl halides is 1. The van der Waals surface area contributed by atoms with Gasteiger partial charge in [-0.15, -0.1) is 11.6 Å².